The molecule has 0 bridgehead atoms. The van der Waals surface area contributed by atoms with Crippen molar-refractivity contribution in [2.45, 2.75) is 19.0 Å². The largest absolute Gasteiger partial charge is 0.339 e. The molecule has 1 aliphatic rings. The molecule has 0 saturated carbocycles. The molecule has 1 unspecified atom stereocenters. The number of aromatic nitrogens is 4. The van der Waals surface area contributed by atoms with E-state index in [0.717, 1.165) is 43.0 Å². The van der Waals surface area contributed by atoms with Crippen molar-refractivity contribution in [3.05, 3.63) is 42.3 Å². The highest BCUT2D eigenvalue weighted by Crippen LogP contribution is 2.18. The predicted octanol–water partition coefficient (Wildman–Crippen LogP) is 1.66. The first-order chi connectivity index (χ1) is 11.3. The number of piperazine rings is 1. The van der Waals surface area contributed by atoms with Crippen LogP contribution < -0.4 is 5.32 Å². The number of fused-ring (bicyclic) bond motifs is 1. The first kappa shape index (κ1) is 16.9. The molecule has 0 aliphatic carbocycles. The van der Waals surface area contributed by atoms with E-state index in [4.69, 9.17) is 4.52 Å². The Kier molecular flexibility index (Phi) is 5.13. The molecule has 0 amide bonds. The van der Waals surface area contributed by atoms with E-state index in [-0.39, 0.29) is 18.4 Å². The molecule has 1 atom stereocenters. The van der Waals surface area contributed by atoms with Crippen molar-refractivity contribution in [2.24, 2.45) is 0 Å². The molecule has 1 aliphatic heterocycles. The molecule has 1 saturated heterocycles. The highest BCUT2D eigenvalue weighted by atomic mass is 35.5. The second-order valence-electron chi connectivity index (χ2n) is 5.92. The number of likely N-dealkylation sites (N-methyl/N-ethyl adjacent to an activating group) is 1. The van der Waals surface area contributed by atoms with E-state index >= 15 is 0 Å². The lowest BCUT2D eigenvalue weighted by Crippen LogP contribution is -2.44. The molecule has 24 heavy (non-hydrogen) atoms. The fourth-order valence-corrected chi connectivity index (χ4v) is 3.00. The minimum atomic E-state index is 0. The predicted molar refractivity (Wildman–Crippen MR) is 93.2 cm³/mol. The Morgan fingerprint density at radius 2 is 2.21 bits per heavy atom. The van der Waals surface area contributed by atoms with E-state index in [0.29, 0.717) is 12.3 Å². The molecule has 2 aromatic heterocycles. The fraction of sp³-hybridized carbons (Fsp3) is 0.438. The van der Waals surface area contributed by atoms with Crippen LogP contribution in [0, 0.1) is 0 Å². The van der Waals surface area contributed by atoms with Crippen LogP contribution in [0.2, 0.25) is 0 Å². The Morgan fingerprint density at radius 1 is 1.33 bits per heavy atom. The average Bonchev–Trinajstić information content (AvgIpc) is 3.20. The lowest BCUT2D eigenvalue weighted by molar-refractivity contribution is 0.190. The number of halogens is 1. The normalized spacial score (nSPS) is 18.6. The number of para-hydroxylation sites is 2. The number of rotatable bonds is 4. The number of hydrogen-bond donors (Lipinski definition) is 1. The SMILES string of the molecule is CN1CCNCC1c1noc(CCn2cnc3ccccc32)n1.Cl. The second-order valence-corrected chi connectivity index (χ2v) is 5.92. The quantitative estimate of drug-likeness (QED) is 0.773. The number of nitrogens with zero attached hydrogens (tertiary/aromatic N) is 5. The van der Waals surface area contributed by atoms with Crippen LogP contribution in [0.15, 0.2) is 35.1 Å². The molecule has 128 valence electrons. The van der Waals surface area contributed by atoms with Gasteiger partial charge in [-0.05, 0) is 19.2 Å². The maximum absolute atomic E-state index is 5.43. The smallest absolute Gasteiger partial charge is 0.228 e. The topological polar surface area (TPSA) is 72.0 Å². The minimum Gasteiger partial charge on any atom is -0.339 e. The first-order valence-corrected chi connectivity index (χ1v) is 7.94. The lowest BCUT2D eigenvalue weighted by Gasteiger charge is -2.30. The van der Waals surface area contributed by atoms with Gasteiger partial charge in [0.25, 0.3) is 0 Å². The maximum atomic E-state index is 5.43. The van der Waals surface area contributed by atoms with Gasteiger partial charge in [0.15, 0.2) is 5.82 Å². The molecular weight excluding hydrogens is 328 g/mol. The fourth-order valence-electron chi connectivity index (χ4n) is 3.00. The van der Waals surface area contributed by atoms with E-state index < -0.39 is 0 Å². The van der Waals surface area contributed by atoms with Gasteiger partial charge in [0, 0.05) is 32.6 Å². The summed E-state index contributed by atoms with van der Waals surface area (Å²) in [5.41, 5.74) is 2.14. The van der Waals surface area contributed by atoms with Gasteiger partial charge in [0.1, 0.15) is 0 Å². The second kappa shape index (κ2) is 7.29. The highest BCUT2D eigenvalue weighted by Gasteiger charge is 2.25. The van der Waals surface area contributed by atoms with Gasteiger partial charge in [-0.25, -0.2) is 4.98 Å². The van der Waals surface area contributed by atoms with Crippen molar-refractivity contribution in [1.82, 2.24) is 29.9 Å². The van der Waals surface area contributed by atoms with E-state index in [1.165, 1.54) is 0 Å². The van der Waals surface area contributed by atoms with Crippen LogP contribution in [0.1, 0.15) is 17.8 Å². The van der Waals surface area contributed by atoms with Crippen molar-refractivity contribution >= 4 is 23.4 Å². The van der Waals surface area contributed by atoms with E-state index in [9.17, 15) is 0 Å². The van der Waals surface area contributed by atoms with Crippen molar-refractivity contribution in [3.63, 3.8) is 0 Å². The molecule has 1 N–H and O–H groups in total. The van der Waals surface area contributed by atoms with Gasteiger partial charge < -0.3 is 14.4 Å². The summed E-state index contributed by atoms with van der Waals surface area (Å²) in [6.07, 6.45) is 2.57. The summed E-state index contributed by atoms with van der Waals surface area (Å²) < 4.78 is 7.55. The molecular formula is C16H21ClN6O. The molecule has 1 fully saturated rings. The van der Waals surface area contributed by atoms with E-state index in [2.05, 4.69) is 43.0 Å². The van der Waals surface area contributed by atoms with Crippen molar-refractivity contribution in [2.75, 3.05) is 26.7 Å². The Hall–Kier alpha value is -1.96. The Balaban J connectivity index is 0.00000169. The van der Waals surface area contributed by atoms with Crippen LogP contribution in [0.5, 0.6) is 0 Å². The van der Waals surface area contributed by atoms with E-state index in [1.54, 1.807) is 0 Å². The highest BCUT2D eigenvalue weighted by molar-refractivity contribution is 5.85. The zero-order valence-corrected chi connectivity index (χ0v) is 14.4. The van der Waals surface area contributed by atoms with Crippen LogP contribution in [-0.2, 0) is 13.0 Å². The Morgan fingerprint density at radius 3 is 3.08 bits per heavy atom. The van der Waals surface area contributed by atoms with Crippen molar-refractivity contribution in [3.8, 4) is 0 Å². The summed E-state index contributed by atoms with van der Waals surface area (Å²) in [7, 11) is 2.10. The average molecular weight is 349 g/mol. The number of nitrogens with one attached hydrogen (secondary N) is 1. The molecule has 7 nitrogen and oxygen atoms in total. The number of benzene rings is 1. The molecule has 0 radical (unpaired) electrons. The van der Waals surface area contributed by atoms with Gasteiger partial charge in [-0.2, -0.15) is 4.98 Å². The summed E-state index contributed by atoms with van der Waals surface area (Å²) in [6, 6.07) is 8.30. The van der Waals surface area contributed by atoms with Gasteiger partial charge in [-0.3, -0.25) is 4.90 Å². The zero-order valence-electron chi connectivity index (χ0n) is 13.6. The van der Waals surface area contributed by atoms with Crippen molar-refractivity contribution in [1.29, 1.82) is 0 Å². The summed E-state index contributed by atoms with van der Waals surface area (Å²) in [6.45, 7) is 3.64. The van der Waals surface area contributed by atoms with Crippen LogP contribution >= 0.6 is 12.4 Å². The third-order valence-corrected chi connectivity index (χ3v) is 4.39. The minimum absolute atomic E-state index is 0. The van der Waals surface area contributed by atoms with Crippen LogP contribution in [0.3, 0.4) is 0 Å². The third-order valence-electron chi connectivity index (χ3n) is 4.39. The maximum Gasteiger partial charge on any atom is 0.228 e. The van der Waals surface area contributed by atoms with Gasteiger partial charge in [-0.15, -0.1) is 12.4 Å². The van der Waals surface area contributed by atoms with E-state index in [1.807, 2.05) is 24.5 Å². The zero-order chi connectivity index (χ0) is 15.6. The monoisotopic (exact) mass is 348 g/mol. The molecule has 1 aromatic carbocycles. The summed E-state index contributed by atoms with van der Waals surface area (Å²) >= 11 is 0. The summed E-state index contributed by atoms with van der Waals surface area (Å²) in [5, 5.41) is 7.53. The number of imidazole rings is 1. The van der Waals surface area contributed by atoms with Crippen LogP contribution in [0.4, 0.5) is 0 Å². The summed E-state index contributed by atoms with van der Waals surface area (Å²) in [4.78, 5) is 11.2. The Bertz CT molecular complexity index is 801. The van der Waals surface area contributed by atoms with Crippen LogP contribution in [0.25, 0.3) is 11.0 Å². The third kappa shape index (κ3) is 3.28. The molecule has 0 spiro atoms. The standard InChI is InChI=1S/C16H20N6O.ClH/c1-21-9-7-17-10-14(21)16-19-15(23-20-16)6-8-22-11-18-12-4-2-3-5-13(12)22;/h2-5,11,14,17H,6-10H2,1H3;1H. The molecule has 3 aromatic rings. The molecule has 8 heteroatoms. The molecule has 3 heterocycles. The summed E-state index contributed by atoms with van der Waals surface area (Å²) in [5.74, 6) is 1.45. The molecule has 4 rings (SSSR count). The number of hydrogen-bond acceptors (Lipinski definition) is 6. The van der Waals surface area contributed by atoms with Crippen molar-refractivity contribution < 1.29 is 4.52 Å². The van der Waals surface area contributed by atoms with Crippen LogP contribution in [-0.4, -0.2) is 51.3 Å². The Labute approximate surface area is 146 Å². The van der Waals surface area contributed by atoms with Gasteiger partial charge in [0.2, 0.25) is 5.89 Å². The lowest BCUT2D eigenvalue weighted by atomic mass is 10.2. The van der Waals surface area contributed by atoms with Gasteiger partial charge in [-0.1, -0.05) is 17.3 Å². The number of aryl methyl sites for hydroxylation is 2. The first-order valence-electron chi connectivity index (χ1n) is 7.94. The van der Waals surface area contributed by atoms with Gasteiger partial charge >= 0.3 is 0 Å². The van der Waals surface area contributed by atoms with Gasteiger partial charge in [0.05, 0.1) is 23.4 Å².